The van der Waals surface area contributed by atoms with Crippen molar-refractivity contribution in [3.05, 3.63) is 53.6 Å². The second-order valence-corrected chi connectivity index (χ2v) is 9.05. The Labute approximate surface area is 178 Å². The maximum absolute atomic E-state index is 13.5. The van der Waals surface area contributed by atoms with Crippen molar-refractivity contribution in [1.82, 2.24) is 4.31 Å². The molecule has 11 heteroatoms. The summed E-state index contributed by atoms with van der Waals surface area (Å²) in [6.45, 7) is 1.06. The Kier molecular flexibility index (Phi) is 6.58. The van der Waals surface area contributed by atoms with Crippen molar-refractivity contribution in [2.24, 2.45) is 0 Å². The maximum atomic E-state index is 13.5. The second kappa shape index (κ2) is 8.85. The molecule has 1 N–H and O–H groups in total. The average Bonchev–Trinajstić information content (AvgIpc) is 2.73. The third-order valence-corrected chi connectivity index (χ3v) is 6.71. The van der Waals surface area contributed by atoms with E-state index in [4.69, 9.17) is 4.74 Å². The quantitative estimate of drug-likeness (QED) is 0.747. The molecule has 1 amide bonds. The highest BCUT2D eigenvalue weighted by Gasteiger charge is 2.34. The molecule has 0 bridgehead atoms. The van der Waals surface area contributed by atoms with E-state index in [9.17, 15) is 26.4 Å². The molecule has 1 aliphatic heterocycles. The van der Waals surface area contributed by atoms with Crippen LogP contribution in [-0.4, -0.2) is 59.0 Å². The standard InChI is InChI=1S/C20H22F3N3O4S/c1-25(2)15-5-8-18(17(13-15)20(21,22)23)24-19(27)14-3-6-16(7-4-14)31(28,29)26-9-11-30-12-10-26/h3-8,13H,9-12H2,1-2H3,(H,24,27). The number of nitrogens with zero attached hydrogens (tertiary/aromatic N) is 2. The van der Waals surface area contributed by atoms with Gasteiger partial charge in [0.15, 0.2) is 0 Å². The first-order valence-corrected chi connectivity index (χ1v) is 10.8. The summed E-state index contributed by atoms with van der Waals surface area (Å²) >= 11 is 0. The van der Waals surface area contributed by atoms with E-state index in [0.717, 1.165) is 6.07 Å². The number of amides is 1. The highest BCUT2D eigenvalue weighted by Crippen LogP contribution is 2.37. The first-order chi connectivity index (χ1) is 14.5. The number of anilines is 2. The number of carbonyl (C=O) groups excluding carboxylic acids is 1. The SMILES string of the molecule is CN(C)c1ccc(NC(=O)c2ccc(S(=O)(=O)N3CCOCC3)cc2)c(C(F)(F)F)c1. The molecule has 1 heterocycles. The third kappa shape index (κ3) is 5.17. The monoisotopic (exact) mass is 457 g/mol. The molecule has 0 aliphatic carbocycles. The van der Waals surface area contributed by atoms with Crippen LogP contribution in [0.4, 0.5) is 24.5 Å². The van der Waals surface area contributed by atoms with Crippen LogP contribution in [0.25, 0.3) is 0 Å². The Bertz CT molecular complexity index is 1050. The molecule has 0 saturated carbocycles. The van der Waals surface area contributed by atoms with Gasteiger partial charge in [0.25, 0.3) is 5.91 Å². The molecule has 1 saturated heterocycles. The fraction of sp³-hybridized carbons (Fsp3) is 0.350. The number of morpholine rings is 1. The largest absolute Gasteiger partial charge is 0.418 e. The van der Waals surface area contributed by atoms with E-state index in [1.807, 2.05) is 0 Å². The van der Waals surface area contributed by atoms with Crippen molar-refractivity contribution >= 4 is 27.3 Å². The first-order valence-electron chi connectivity index (χ1n) is 9.38. The van der Waals surface area contributed by atoms with Crippen molar-refractivity contribution in [3.63, 3.8) is 0 Å². The summed E-state index contributed by atoms with van der Waals surface area (Å²) < 4.78 is 72.1. The lowest BCUT2D eigenvalue weighted by Crippen LogP contribution is -2.40. The number of alkyl halides is 3. The van der Waals surface area contributed by atoms with Crippen molar-refractivity contribution in [1.29, 1.82) is 0 Å². The summed E-state index contributed by atoms with van der Waals surface area (Å²) in [4.78, 5) is 14.0. The lowest BCUT2D eigenvalue weighted by molar-refractivity contribution is -0.136. The number of hydrogen-bond donors (Lipinski definition) is 1. The van der Waals surface area contributed by atoms with E-state index in [1.54, 1.807) is 14.1 Å². The Hall–Kier alpha value is -2.63. The van der Waals surface area contributed by atoms with Gasteiger partial charge in [-0.3, -0.25) is 4.79 Å². The van der Waals surface area contributed by atoms with E-state index in [0.29, 0.717) is 18.9 Å². The Morgan fingerprint density at radius 3 is 2.23 bits per heavy atom. The smallest absolute Gasteiger partial charge is 0.379 e. The molecule has 0 aromatic heterocycles. The van der Waals surface area contributed by atoms with Gasteiger partial charge in [0.05, 0.1) is 29.4 Å². The van der Waals surface area contributed by atoms with E-state index in [-0.39, 0.29) is 29.2 Å². The van der Waals surface area contributed by atoms with Gasteiger partial charge >= 0.3 is 6.18 Å². The molecule has 0 spiro atoms. The zero-order chi connectivity index (χ0) is 22.8. The van der Waals surface area contributed by atoms with E-state index in [1.165, 1.54) is 45.6 Å². The van der Waals surface area contributed by atoms with Gasteiger partial charge in [-0.05, 0) is 42.5 Å². The van der Waals surface area contributed by atoms with Gasteiger partial charge < -0.3 is 15.0 Å². The molecule has 1 fully saturated rings. The molecule has 0 radical (unpaired) electrons. The molecule has 1 aliphatic rings. The molecular formula is C20H22F3N3O4S. The number of rotatable bonds is 5. The van der Waals surface area contributed by atoms with Gasteiger partial charge in [-0.15, -0.1) is 0 Å². The number of nitrogens with one attached hydrogen (secondary N) is 1. The molecule has 0 atom stereocenters. The van der Waals surface area contributed by atoms with Crippen LogP contribution in [0.2, 0.25) is 0 Å². The summed E-state index contributed by atoms with van der Waals surface area (Å²) in [7, 11) is -0.511. The molecule has 168 valence electrons. The van der Waals surface area contributed by atoms with Crippen molar-refractivity contribution < 1.29 is 31.1 Å². The Balaban J connectivity index is 1.81. The Morgan fingerprint density at radius 2 is 1.68 bits per heavy atom. The minimum absolute atomic E-state index is 0.00253. The van der Waals surface area contributed by atoms with Crippen LogP contribution in [0.1, 0.15) is 15.9 Å². The molecule has 7 nitrogen and oxygen atoms in total. The highest BCUT2D eigenvalue weighted by atomic mass is 32.2. The van der Waals surface area contributed by atoms with Crippen LogP contribution in [0.3, 0.4) is 0 Å². The predicted molar refractivity (Wildman–Crippen MR) is 110 cm³/mol. The summed E-state index contributed by atoms with van der Waals surface area (Å²) in [5, 5.41) is 2.27. The number of sulfonamides is 1. The zero-order valence-electron chi connectivity index (χ0n) is 16.9. The normalized spacial score (nSPS) is 15.5. The van der Waals surface area contributed by atoms with Crippen LogP contribution in [0.15, 0.2) is 47.4 Å². The van der Waals surface area contributed by atoms with Gasteiger partial charge in [-0.25, -0.2) is 8.42 Å². The third-order valence-electron chi connectivity index (χ3n) is 4.80. The number of halogens is 3. The lowest BCUT2D eigenvalue weighted by Gasteiger charge is -2.26. The van der Waals surface area contributed by atoms with Gasteiger partial charge in [-0.2, -0.15) is 17.5 Å². The minimum atomic E-state index is -4.66. The second-order valence-electron chi connectivity index (χ2n) is 7.12. The summed E-state index contributed by atoms with van der Waals surface area (Å²) in [6, 6.07) is 8.66. The molecule has 3 rings (SSSR count). The molecule has 31 heavy (non-hydrogen) atoms. The minimum Gasteiger partial charge on any atom is -0.379 e. The zero-order valence-corrected chi connectivity index (χ0v) is 17.8. The van der Waals surface area contributed by atoms with Crippen molar-refractivity contribution in [3.8, 4) is 0 Å². The Morgan fingerprint density at radius 1 is 1.06 bits per heavy atom. The van der Waals surface area contributed by atoms with Gasteiger partial charge in [0.2, 0.25) is 10.0 Å². The van der Waals surface area contributed by atoms with E-state index in [2.05, 4.69) is 5.32 Å². The molecule has 2 aromatic carbocycles. The summed E-state index contributed by atoms with van der Waals surface area (Å²) in [5.74, 6) is -0.779. The summed E-state index contributed by atoms with van der Waals surface area (Å²) in [6.07, 6.45) is -4.66. The van der Waals surface area contributed by atoms with E-state index >= 15 is 0 Å². The molecule has 0 unspecified atom stereocenters. The topological polar surface area (TPSA) is 79.0 Å². The van der Waals surface area contributed by atoms with Crippen LogP contribution >= 0.6 is 0 Å². The number of benzene rings is 2. The van der Waals surface area contributed by atoms with Crippen LogP contribution in [0, 0.1) is 0 Å². The van der Waals surface area contributed by atoms with Crippen molar-refractivity contribution in [2.75, 3.05) is 50.6 Å². The van der Waals surface area contributed by atoms with Crippen molar-refractivity contribution in [2.45, 2.75) is 11.1 Å². The fourth-order valence-corrected chi connectivity index (χ4v) is 4.47. The maximum Gasteiger partial charge on any atom is 0.418 e. The number of hydrogen-bond acceptors (Lipinski definition) is 5. The van der Waals surface area contributed by atoms with E-state index < -0.39 is 27.7 Å². The molecule has 2 aromatic rings. The van der Waals surface area contributed by atoms with Crippen LogP contribution < -0.4 is 10.2 Å². The van der Waals surface area contributed by atoms with Gasteiger partial charge in [-0.1, -0.05) is 0 Å². The summed E-state index contributed by atoms with van der Waals surface area (Å²) in [5.41, 5.74) is -0.986. The molecular weight excluding hydrogens is 435 g/mol. The van der Waals surface area contributed by atoms with Crippen LogP contribution in [0.5, 0.6) is 0 Å². The first kappa shape index (κ1) is 23.0. The van der Waals surface area contributed by atoms with Crippen LogP contribution in [-0.2, 0) is 20.9 Å². The lowest BCUT2D eigenvalue weighted by atomic mass is 10.1. The number of ether oxygens (including phenoxy) is 1. The predicted octanol–water partition coefficient (Wildman–Crippen LogP) is 3.04. The number of carbonyl (C=O) groups is 1. The van der Waals surface area contributed by atoms with Gasteiger partial charge in [0, 0.05) is 38.4 Å². The van der Waals surface area contributed by atoms with Gasteiger partial charge in [0.1, 0.15) is 0 Å². The fourth-order valence-electron chi connectivity index (χ4n) is 3.06. The average molecular weight is 457 g/mol. The highest BCUT2D eigenvalue weighted by molar-refractivity contribution is 7.89.